The van der Waals surface area contributed by atoms with E-state index in [0.29, 0.717) is 0 Å². The predicted octanol–water partition coefficient (Wildman–Crippen LogP) is 3.48. The Morgan fingerprint density at radius 2 is 2.00 bits per heavy atom. The molecule has 0 N–H and O–H groups in total. The molecule has 0 bridgehead atoms. The Labute approximate surface area is 107 Å². The summed E-state index contributed by atoms with van der Waals surface area (Å²) in [6.45, 7) is 2.49. The average molecular weight is 282 g/mol. The highest BCUT2D eigenvalue weighted by Crippen LogP contribution is 2.18. The number of piperidine rings is 1. The first-order valence-corrected chi connectivity index (χ1v) is 7.36. The number of hydrogen-bond donors (Lipinski definition) is 0. The van der Waals surface area contributed by atoms with Crippen LogP contribution in [0.15, 0.2) is 30.3 Å². The van der Waals surface area contributed by atoms with E-state index in [9.17, 15) is 0 Å². The van der Waals surface area contributed by atoms with Crippen molar-refractivity contribution in [3.05, 3.63) is 35.9 Å². The van der Waals surface area contributed by atoms with Crippen molar-refractivity contribution in [1.29, 1.82) is 0 Å². The maximum Gasteiger partial charge on any atom is 0.0192 e. The third kappa shape index (κ3) is 3.33. The lowest BCUT2D eigenvalue weighted by molar-refractivity contribution is 0.167. The second-order valence-electron chi connectivity index (χ2n) is 4.58. The molecule has 1 heterocycles. The van der Waals surface area contributed by atoms with Gasteiger partial charge in [0.2, 0.25) is 0 Å². The number of hydrogen-bond acceptors (Lipinski definition) is 1. The first kappa shape index (κ1) is 12.1. The first-order chi connectivity index (χ1) is 7.90. The van der Waals surface area contributed by atoms with Crippen LogP contribution in [0.5, 0.6) is 0 Å². The van der Waals surface area contributed by atoms with Gasteiger partial charge in [0.15, 0.2) is 0 Å². The number of rotatable bonds is 4. The van der Waals surface area contributed by atoms with Crippen LogP contribution in [-0.4, -0.2) is 29.4 Å². The van der Waals surface area contributed by atoms with Crippen LogP contribution >= 0.6 is 15.9 Å². The Hall–Kier alpha value is -0.340. The Balaban J connectivity index is 1.84. The zero-order valence-corrected chi connectivity index (χ0v) is 11.3. The summed E-state index contributed by atoms with van der Waals surface area (Å²) in [5.41, 5.74) is 1.46. The maximum absolute atomic E-state index is 3.64. The van der Waals surface area contributed by atoms with E-state index >= 15 is 0 Å². The summed E-state index contributed by atoms with van der Waals surface area (Å²) in [7, 11) is 0. The van der Waals surface area contributed by atoms with Crippen molar-refractivity contribution in [3.8, 4) is 0 Å². The molecule has 2 heteroatoms. The Morgan fingerprint density at radius 1 is 1.19 bits per heavy atom. The fourth-order valence-electron chi connectivity index (χ4n) is 2.45. The average Bonchev–Trinajstić information content (AvgIpc) is 2.38. The molecule has 1 nitrogen and oxygen atoms in total. The largest absolute Gasteiger partial charge is 0.299 e. The minimum atomic E-state index is 0.762. The van der Waals surface area contributed by atoms with Crippen LogP contribution in [0.1, 0.15) is 24.8 Å². The van der Waals surface area contributed by atoms with Gasteiger partial charge in [-0.25, -0.2) is 0 Å². The molecule has 1 unspecified atom stereocenters. The van der Waals surface area contributed by atoms with Crippen LogP contribution in [0.2, 0.25) is 0 Å². The van der Waals surface area contributed by atoms with Gasteiger partial charge in [-0.2, -0.15) is 0 Å². The lowest BCUT2D eigenvalue weighted by Gasteiger charge is -2.34. The van der Waals surface area contributed by atoms with Gasteiger partial charge in [-0.05, 0) is 31.4 Å². The fourth-order valence-corrected chi connectivity index (χ4v) is 3.18. The van der Waals surface area contributed by atoms with Crippen LogP contribution < -0.4 is 0 Å². The molecule has 16 heavy (non-hydrogen) atoms. The van der Waals surface area contributed by atoms with Crippen LogP contribution in [0.25, 0.3) is 0 Å². The van der Waals surface area contributed by atoms with Crippen LogP contribution in [0.4, 0.5) is 0 Å². The van der Waals surface area contributed by atoms with E-state index in [2.05, 4.69) is 51.2 Å². The van der Waals surface area contributed by atoms with Crippen molar-refractivity contribution in [1.82, 2.24) is 4.90 Å². The van der Waals surface area contributed by atoms with E-state index in [0.717, 1.165) is 11.4 Å². The molecule has 0 aliphatic carbocycles. The molecule has 0 amide bonds. The smallest absolute Gasteiger partial charge is 0.0192 e. The summed E-state index contributed by atoms with van der Waals surface area (Å²) in [4.78, 5) is 2.64. The fraction of sp³-hybridized carbons (Fsp3) is 0.571. The quantitative estimate of drug-likeness (QED) is 0.764. The van der Waals surface area contributed by atoms with Crippen molar-refractivity contribution in [2.24, 2.45) is 0 Å². The molecular weight excluding hydrogens is 262 g/mol. The van der Waals surface area contributed by atoms with Gasteiger partial charge >= 0.3 is 0 Å². The van der Waals surface area contributed by atoms with E-state index in [4.69, 9.17) is 0 Å². The van der Waals surface area contributed by atoms with Crippen molar-refractivity contribution in [2.45, 2.75) is 31.7 Å². The normalized spacial score (nSPS) is 22.2. The molecule has 0 saturated carbocycles. The van der Waals surface area contributed by atoms with Crippen molar-refractivity contribution >= 4 is 15.9 Å². The topological polar surface area (TPSA) is 3.24 Å². The van der Waals surface area contributed by atoms with E-state index in [1.165, 1.54) is 44.3 Å². The predicted molar refractivity (Wildman–Crippen MR) is 73.2 cm³/mol. The molecule has 0 radical (unpaired) electrons. The third-order valence-corrected chi connectivity index (χ3v) is 4.21. The first-order valence-electron chi connectivity index (χ1n) is 6.24. The summed E-state index contributed by atoms with van der Waals surface area (Å²) in [5, 5.41) is 1.13. The molecule has 1 atom stereocenters. The van der Waals surface area contributed by atoms with E-state index in [1.807, 2.05) is 0 Å². The van der Waals surface area contributed by atoms with Crippen molar-refractivity contribution in [2.75, 3.05) is 18.4 Å². The van der Waals surface area contributed by atoms with Gasteiger partial charge < -0.3 is 0 Å². The molecule has 2 rings (SSSR count). The minimum Gasteiger partial charge on any atom is -0.299 e. The molecule has 0 aromatic heterocycles. The number of halogens is 1. The molecule has 1 aromatic rings. The van der Waals surface area contributed by atoms with Gasteiger partial charge in [0, 0.05) is 17.9 Å². The van der Waals surface area contributed by atoms with E-state index in [-0.39, 0.29) is 0 Å². The zero-order valence-electron chi connectivity index (χ0n) is 9.74. The molecule has 1 saturated heterocycles. The highest BCUT2D eigenvalue weighted by molar-refractivity contribution is 9.09. The van der Waals surface area contributed by atoms with Gasteiger partial charge in [0.05, 0.1) is 0 Å². The molecule has 1 aliphatic rings. The van der Waals surface area contributed by atoms with Crippen LogP contribution in [-0.2, 0) is 6.42 Å². The molecule has 0 spiro atoms. The highest BCUT2D eigenvalue weighted by atomic mass is 79.9. The highest BCUT2D eigenvalue weighted by Gasteiger charge is 2.20. The number of benzene rings is 1. The molecule has 1 aliphatic heterocycles. The number of nitrogens with zero attached hydrogens (tertiary/aromatic N) is 1. The summed E-state index contributed by atoms with van der Waals surface area (Å²) < 4.78 is 0. The van der Waals surface area contributed by atoms with Gasteiger partial charge in [0.1, 0.15) is 0 Å². The Bertz CT molecular complexity index is 299. The Kier molecular flexibility index (Phi) is 4.86. The lowest BCUT2D eigenvalue weighted by Crippen LogP contribution is -2.41. The summed E-state index contributed by atoms with van der Waals surface area (Å²) in [6, 6.07) is 11.6. The monoisotopic (exact) mass is 281 g/mol. The molecule has 1 aromatic carbocycles. The maximum atomic E-state index is 3.64. The van der Waals surface area contributed by atoms with Gasteiger partial charge in [-0.1, -0.05) is 52.7 Å². The van der Waals surface area contributed by atoms with Gasteiger partial charge in [0.25, 0.3) is 0 Å². The number of likely N-dealkylation sites (tertiary alicyclic amines) is 1. The second kappa shape index (κ2) is 6.41. The summed E-state index contributed by atoms with van der Waals surface area (Å²) >= 11 is 3.64. The SMILES string of the molecule is BrCC1CCCCN1CCc1ccccc1. The second-order valence-corrected chi connectivity index (χ2v) is 5.22. The summed E-state index contributed by atoms with van der Waals surface area (Å²) in [5.74, 6) is 0. The molecule has 88 valence electrons. The van der Waals surface area contributed by atoms with Crippen LogP contribution in [0, 0.1) is 0 Å². The summed E-state index contributed by atoms with van der Waals surface area (Å²) in [6.07, 6.45) is 5.32. The van der Waals surface area contributed by atoms with E-state index in [1.54, 1.807) is 0 Å². The molecular formula is C14H20BrN. The lowest BCUT2D eigenvalue weighted by atomic mass is 10.0. The van der Waals surface area contributed by atoms with Gasteiger partial charge in [-0.3, -0.25) is 4.90 Å². The van der Waals surface area contributed by atoms with E-state index < -0.39 is 0 Å². The Morgan fingerprint density at radius 3 is 2.75 bits per heavy atom. The van der Waals surface area contributed by atoms with Gasteiger partial charge in [-0.15, -0.1) is 0 Å². The van der Waals surface area contributed by atoms with Crippen molar-refractivity contribution < 1.29 is 0 Å². The number of alkyl halides is 1. The van der Waals surface area contributed by atoms with Crippen molar-refractivity contribution in [3.63, 3.8) is 0 Å². The van der Waals surface area contributed by atoms with Crippen LogP contribution in [0.3, 0.4) is 0 Å². The minimum absolute atomic E-state index is 0.762. The third-order valence-electron chi connectivity index (χ3n) is 3.46. The standard InChI is InChI=1S/C14H20BrN/c15-12-14-8-4-5-10-16(14)11-9-13-6-2-1-3-7-13/h1-3,6-7,14H,4-5,8-12H2. The zero-order chi connectivity index (χ0) is 11.2. The molecule has 1 fully saturated rings.